The lowest BCUT2D eigenvalue weighted by Gasteiger charge is -2.09. The zero-order valence-corrected chi connectivity index (χ0v) is 9.74. The molecule has 1 aliphatic carbocycles. The van der Waals surface area contributed by atoms with Crippen molar-refractivity contribution in [2.75, 3.05) is 26.3 Å². The first kappa shape index (κ1) is 14.5. The lowest BCUT2D eigenvalue weighted by molar-refractivity contribution is -0.175. The highest BCUT2D eigenvalue weighted by atomic mass is 35.5. The summed E-state index contributed by atoms with van der Waals surface area (Å²) in [6.45, 7) is -0.152. The highest BCUT2D eigenvalue weighted by molar-refractivity contribution is 5.85. The molecule has 2 unspecified atom stereocenters. The molecule has 0 aromatic rings. The Morgan fingerprint density at radius 1 is 1.35 bits per heavy atom. The van der Waals surface area contributed by atoms with Crippen LogP contribution in [0.15, 0.2) is 0 Å². The Bertz CT molecular complexity index is 278. The summed E-state index contributed by atoms with van der Waals surface area (Å²) in [5, 5.41) is 5.83. The lowest BCUT2D eigenvalue weighted by Crippen LogP contribution is -2.35. The summed E-state index contributed by atoms with van der Waals surface area (Å²) in [6.07, 6.45) is -4.37. The quantitative estimate of drug-likeness (QED) is 0.776. The Kier molecular flexibility index (Phi) is 4.62. The molecule has 2 N–H and O–H groups in total. The summed E-state index contributed by atoms with van der Waals surface area (Å²) in [6, 6.07) is 0.128. The molecule has 2 fully saturated rings. The number of ether oxygens (including phenoxy) is 1. The fourth-order valence-electron chi connectivity index (χ4n) is 2.12. The van der Waals surface area contributed by atoms with Gasteiger partial charge in [-0.3, -0.25) is 4.79 Å². The first-order chi connectivity index (χ1) is 7.47. The highest BCUT2D eigenvalue weighted by Gasteiger charge is 2.53. The Hall–Kier alpha value is -0.530. The van der Waals surface area contributed by atoms with Crippen LogP contribution in [0.25, 0.3) is 0 Å². The van der Waals surface area contributed by atoms with Crippen molar-refractivity contribution in [2.45, 2.75) is 12.2 Å². The number of fused-ring (bicyclic) bond motifs is 1. The number of piperidine rings is 1. The van der Waals surface area contributed by atoms with Gasteiger partial charge in [0, 0.05) is 19.1 Å². The molecule has 2 aliphatic rings. The maximum absolute atomic E-state index is 11.7. The number of rotatable bonds is 4. The third-order valence-corrected chi connectivity index (χ3v) is 2.92. The van der Waals surface area contributed by atoms with E-state index in [0.29, 0.717) is 11.8 Å². The van der Waals surface area contributed by atoms with Gasteiger partial charge >= 0.3 is 6.18 Å². The summed E-state index contributed by atoms with van der Waals surface area (Å²) >= 11 is 0. The van der Waals surface area contributed by atoms with Crippen molar-refractivity contribution < 1.29 is 22.7 Å². The van der Waals surface area contributed by atoms with Crippen LogP contribution in [0.4, 0.5) is 13.2 Å². The van der Waals surface area contributed by atoms with Crippen molar-refractivity contribution >= 4 is 18.3 Å². The van der Waals surface area contributed by atoms with E-state index < -0.39 is 25.3 Å². The molecule has 0 spiro atoms. The number of carbonyl (C=O) groups is 1. The van der Waals surface area contributed by atoms with Crippen LogP contribution in [0.2, 0.25) is 0 Å². The smallest absolute Gasteiger partial charge is 0.362 e. The maximum Gasteiger partial charge on any atom is 0.411 e. The Balaban J connectivity index is 0.00000144. The van der Waals surface area contributed by atoms with Crippen LogP contribution in [-0.4, -0.2) is 44.4 Å². The SMILES string of the molecule is Cl.O=C(COCC(F)(F)F)NC1C2CNCC21. The Morgan fingerprint density at radius 2 is 1.94 bits per heavy atom. The number of carbonyl (C=O) groups excluding carboxylic acids is 1. The van der Waals surface area contributed by atoms with E-state index in [1.807, 2.05) is 0 Å². The topological polar surface area (TPSA) is 50.4 Å². The summed E-state index contributed by atoms with van der Waals surface area (Å²) < 4.78 is 39.4. The van der Waals surface area contributed by atoms with Crippen molar-refractivity contribution in [3.05, 3.63) is 0 Å². The molecular weight excluding hydrogens is 261 g/mol. The minimum absolute atomic E-state index is 0. The van der Waals surface area contributed by atoms with Gasteiger partial charge in [-0.2, -0.15) is 13.2 Å². The normalized spacial score (nSPS) is 30.4. The van der Waals surface area contributed by atoms with Crippen molar-refractivity contribution in [2.24, 2.45) is 11.8 Å². The highest BCUT2D eigenvalue weighted by Crippen LogP contribution is 2.41. The van der Waals surface area contributed by atoms with Crippen LogP contribution in [0.1, 0.15) is 0 Å². The summed E-state index contributed by atoms with van der Waals surface area (Å²) in [4.78, 5) is 11.2. The predicted molar refractivity (Wildman–Crippen MR) is 55.9 cm³/mol. The number of halogens is 4. The number of alkyl halides is 3. The molecule has 100 valence electrons. The summed E-state index contributed by atoms with van der Waals surface area (Å²) in [7, 11) is 0. The molecule has 1 aliphatic heterocycles. The number of hydrogen-bond acceptors (Lipinski definition) is 3. The predicted octanol–water partition coefficient (Wildman–Crippen LogP) is 0.321. The van der Waals surface area contributed by atoms with Gasteiger partial charge in [0.2, 0.25) is 5.91 Å². The van der Waals surface area contributed by atoms with Gasteiger partial charge in [-0.25, -0.2) is 0 Å². The monoisotopic (exact) mass is 274 g/mol. The average molecular weight is 275 g/mol. The molecule has 0 aromatic heterocycles. The molecule has 1 saturated carbocycles. The van der Waals surface area contributed by atoms with E-state index in [2.05, 4.69) is 15.4 Å². The molecule has 1 saturated heterocycles. The second kappa shape index (κ2) is 5.41. The minimum atomic E-state index is -4.37. The molecule has 8 heteroatoms. The van der Waals surface area contributed by atoms with Crippen molar-refractivity contribution in [3.63, 3.8) is 0 Å². The Labute approximate surface area is 103 Å². The molecule has 2 atom stereocenters. The Morgan fingerprint density at radius 3 is 2.47 bits per heavy atom. The van der Waals surface area contributed by atoms with Gasteiger partial charge in [-0.15, -0.1) is 12.4 Å². The fraction of sp³-hybridized carbons (Fsp3) is 0.889. The van der Waals surface area contributed by atoms with Crippen molar-refractivity contribution in [1.82, 2.24) is 10.6 Å². The van der Waals surface area contributed by atoms with E-state index in [1.54, 1.807) is 0 Å². The van der Waals surface area contributed by atoms with E-state index in [0.717, 1.165) is 13.1 Å². The summed E-state index contributed by atoms with van der Waals surface area (Å²) in [5.41, 5.74) is 0. The van der Waals surface area contributed by atoms with Gasteiger partial charge < -0.3 is 15.4 Å². The lowest BCUT2D eigenvalue weighted by atomic mass is 10.4. The van der Waals surface area contributed by atoms with Gasteiger partial charge in [-0.1, -0.05) is 0 Å². The van der Waals surface area contributed by atoms with Crippen LogP contribution in [0, 0.1) is 11.8 Å². The van der Waals surface area contributed by atoms with Crippen molar-refractivity contribution in [1.29, 1.82) is 0 Å². The zero-order valence-electron chi connectivity index (χ0n) is 8.92. The van der Waals surface area contributed by atoms with Gasteiger partial charge in [0.25, 0.3) is 0 Å². The van der Waals surface area contributed by atoms with Crippen LogP contribution < -0.4 is 10.6 Å². The first-order valence-corrected chi connectivity index (χ1v) is 5.12. The van der Waals surface area contributed by atoms with Crippen LogP contribution in [-0.2, 0) is 9.53 Å². The fourth-order valence-corrected chi connectivity index (χ4v) is 2.12. The minimum Gasteiger partial charge on any atom is -0.362 e. The molecule has 0 aromatic carbocycles. The van der Waals surface area contributed by atoms with Gasteiger partial charge in [-0.05, 0) is 11.8 Å². The number of hydrogen-bond donors (Lipinski definition) is 2. The molecule has 1 amide bonds. The van der Waals surface area contributed by atoms with Gasteiger partial charge in [0.05, 0.1) is 0 Å². The van der Waals surface area contributed by atoms with E-state index in [1.165, 1.54) is 0 Å². The van der Waals surface area contributed by atoms with Gasteiger partial charge in [0.1, 0.15) is 13.2 Å². The standard InChI is InChI=1S/C9H13F3N2O2.ClH/c10-9(11,12)4-16-3-7(15)14-8-5-1-13-2-6(5)8;/h5-6,8,13H,1-4H2,(H,14,15);1H. The van der Waals surface area contributed by atoms with E-state index in [4.69, 9.17) is 0 Å². The van der Waals surface area contributed by atoms with Crippen LogP contribution in [0.5, 0.6) is 0 Å². The third-order valence-electron chi connectivity index (χ3n) is 2.92. The maximum atomic E-state index is 11.7. The second-order valence-corrected chi connectivity index (χ2v) is 4.19. The zero-order chi connectivity index (χ0) is 11.8. The van der Waals surface area contributed by atoms with E-state index >= 15 is 0 Å². The molecule has 0 radical (unpaired) electrons. The first-order valence-electron chi connectivity index (χ1n) is 5.12. The van der Waals surface area contributed by atoms with E-state index in [-0.39, 0.29) is 18.4 Å². The molecule has 0 bridgehead atoms. The number of amides is 1. The van der Waals surface area contributed by atoms with Gasteiger partial charge in [0.15, 0.2) is 0 Å². The largest absolute Gasteiger partial charge is 0.411 e. The van der Waals surface area contributed by atoms with Crippen molar-refractivity contribution in [3.8, 4) is 0 Å². The molecule has 2 rings (SSSR count). The molecular formula is C9H14ClF3N2O2. The molecule has 17 heavy (non-hydrogen) atoms. The number of nitrogens with one attached hydrogen (secondary N) is 2. The molecule has 4 nitrogen and oxygen atoms in total. The van der Waals surface area contributed by atoms with Crippen LogP contribution >= 0.6 is 12.4 Å². The van der Waals surface area contributed by atoms with Crippen LogP contribution in [0.3, 0.4) is 0 Å². The van der Waals surface area contributed by atoms with E-state index in [9.17, 15) is 18.0 Å². The molecule has 1 heterocycles. The average Bonchev–Trinajstić information content (AvgIpc) is 2.59. The third kappa shape index (κ3) is 4.01. The second-order valence-electron chi connectivity index (χ2n) is 4.19. The summed E-state index contributed by atoms with van der Waals surface area (Å²) in [5.74, 6) is 0.432.